The van der Waals surface area contributed by atoms with Crippen LogP contribution in [-0.2, 0) is 9.53 Å². The molecule has 9 nitrogen and oxygen atoms in total. The highest BCUT2D eigenvalue weighted by molar-refractivity contribution is 8.10. The van der Waals surface area contributed by atoms with Crippen LogP contribution in [0.4, 0.5) is 39.1 Å². The molecule has 286 valence electrons. The van der Waals surface area contributed by atoms with Crippen LogP contribution in [0.2, 0.25) is 0 Å². The Balaban J connectivity index is 0.982. The van der Waals surface area contributed by atoms with Gasteiger partial charge in [-0.25, -0.2) is 26.9 Å². The first-order valence-corrected chi connectivity index (χ1v) is 18.8. The van der Waals surface area contributed by atoms with Crippen LogP contribution < -0.4 is 20.4 Å². The van der Waals surface area contributed by atoms with Gasteiger partial charge in [0.2, 0.25) is 5.91 Å². The highest BCUT2D eigenvalue weighted by Crippen LogP contribution is 2.55. The van der Waals surface area contributed by atoms with E-state index in [4.69, 9.17) is 4.74 Å². The number of carbonyl (C=O) groups is 3. The van der Waals surface area contributed by atoms with Crippen molar-refractivity contribution in [3.05, 3.63) is 112 Å². The predicted molar refractivity (Wildman–Crippen MR) is 199 cm³/mol. The van der Waals surface area contributed by atoms with Crippen LogP contribution in [0.5, 0.6) is 0 Å². The number of halogens is 5. The fourth-order valence-corrected chi connectivity index (χ4v) is 9.35. The number of nitrogens with one attached hydrogen (secondary N) is 2. The molecule has 2 fully saturated rings. The standard InChI is InChI=1S/C40H36F5N5O4S/c1-39(38(53)48-33-28(42)3-2-4-29(33)43)18-23-9-12-50(32-17-31(45)30(44)16-26(32)34(23)55-39)37(52)22-5-7-25(8-6-22)47-36(51)27-15-24(41)19-46-35(27)49-20-40(21-49)10-13-54-14-11-40/h2-8,15-17,19,28,33H,9-14,18,20-21H2,1H3,(H,47,51)(H,48,53). The number of allylic oxidation sites excluding steroid dienone is 2. The molecule has 0 radical (unpaired) electrons. The largest absolute Gasteiger partial charge is 0.381 e. The quantitative estimate of drug-likeness (QED) is 0.254. The molecule has 2 saturated heterocycles. The third-order valence-corrected chi connectivity index (χ3v) is 12.5. The maximum atomic E-state index is 14.8. The van der Waals surface area contributed by atoms with E-state index in [0.29, 0.717) is 48.3 Å². The highest BCUT2D eigenvalue weighted by Gasteiger charge is 2.47. The van der Waals surface area contributed by atoms with Crippen molar-refractivity contribution in [2.45, 2.75) is 49.6 Å². The summed E-state index contributed by atoms with van der Waals surface area (Å²) in [5, 5.41) is 5.23. The van der Waals surface area contributed by atoms with Gasteiger partial charge in [0, 0.05) is 66.0 Å². The van der Waals surface area contributed by atoms with Crippen LogP contribution >= 0.6 is 11.8 Å². The number of carbonyl (C=O) groups excluding carboxylic acids is 3. The summed E-state index contributed by atoms with van der Waals surface area (Å²) in [6, 6.07) is 7.61. The number of nitrogens with zero attached hydrogens (tertiary/aromatic N) is 3. The summed E-state index contributed by atoms with van der Waals surface area (Å²) in [6.45, 7) is 4.41. The maximum Gasteiger partial charge on any atom is 0.259 e. The summed E-state index contributed by atoms with van der Waals surface area (Å²) < 4.78 is 77.1. The van der Waals surface area contributed by atoms with E-state index in [1.807, 2.05) is 4.90 Å². The zero-order chi connectivity index (χ0) is 38.6. The minimum atomic E-state index is -1.75. The Morgan fingerprint density at radius 2 is 1.73 bits per heavy atom. The first-order chi connectivity index (χ1) is 26.3. The van der Waals surface area contributed by atoms with E-state index in [0.717, 1.165) is 61.2 Å². The molecule has 1 aliphatic carbocycles. The first kappa shape index (κ1) is 36.9. The van der Waals surface area contributed by atoms with Gasteiger partial charge in [0.05, 0.1) is 17.4 Å². The molecular formula is C40H36F5N5O4S. The number of benzene rings is 2. The van der Waals surface area contributed by atoms with Crippen molar-refractivity contribution in [1.29, 1.82) is 0 Å². The van der Waals surface area contributed by atoms with Crippen LogP contribution in [0.25, 0.3) is 4.91 Å². The van der Waals surface area contributed by atoms with Crippen molar-refractivity contribution in [1.82, 2.24) is 10.3 Å². The lowest BCUT2D eigenvalue weighted by atomic mass is 9.73. The zero-order valence-electron chi connectivity index (χ0n) is 29.6. The molecule has 5 heterocycles. The number of aromatic nitrogens is 1. The molecule has 1 aromatic heterocycles. The SMILES string of the molecule is CC1(C(=O)NC2C(F)=CC=CC2F)CC2=C(S1)c1cc(F)c(F)cc1N(C(=O)c1ccc(NC(=O)c3cc(F)cnc3N3CC4(CCOCC4)C3)cc1)CC2. The molecule has 2 aromatic carbocycles. The fraction of sp³-hybridized carbons (Fsp3) is 0.350. The van der Waals surface area contributed by atoms with Crippen LogP contribution in [0, 0.1) is 22.9 Å². The molecule has 3 amide bonds. The number of amides is 3. The smallest absolute Gasteiger partial charge is 0.259 e. The monoisotopic (exact) mass is 777 g/mol. The van der Waals surface area contributed by atoms with Crippen LogP contribution in [0.1, 0.15) is 58.9 Å². The van der Waals surface area contributed by atoms with E-state index in [1.54, 1.807) is 6.92 Å². The van der Waals surface area contributed by atoms with Gasteiger partial charge in [-0.15, -0.1) is 11.8 Å². The number of hydrogen-bond acceptors (Lipinski definition) is 7. The van der Waals surface area contributed by atoms with Gasteiger partial charge >= 0.3 is 0 Å². The summed E-state index contributed by atoms with van der Waals surface area (Å²) in [6.07, 6.45) is 5.01. The Labute approximate surface area is 317 Å². The minimum absolute atomic E-state index is 0.0595. The fourth-order valence-electron chi connectivity index (χ4n) is 7.91. The van der Waals surface area contributed by atoms with E-state index >= 15 is 0 Å². The average Bonchev–Trinajstić information content (AvgIpc) is 3.44. The zero-order valence-corrected chi connectivity index (χ0v) is 30.5. The summed E-state index contributed by atoms with van der Waals surface area (Å²) in [7, 11) is 0. The number of ether oxygens (including phenoxy) is 1. The maximum absolute atomic E-state index is 14.8. The molecule has 0 bridgehead atoms. The van der Waals surface area contributed by atoms with Crippen molar-refractivity contribution in [3.63, 3.8) is 0 Å². The van der Waals surface area contributed by atoms with E-state index in [9.17, 15) is 36.3 Å². The Morgan fingerprint density at radius 1 is 1.00 bits per heavy atom. The minimum Gasteiger partial charge on any atom is -0.381 e. The topological polar surface area (TPSA) is 104 Å². The average molecular weight is 778 g/mol. The lowest BCUT2D eigenvalue weighted by Crippen LogP contribution is -2.59. The second kappa shape index (κ2) is 14.2. The van der Waals surface area contributed by atoms with Crippen molar-refractivity contribution >= 4 is 51.6 Å². The molecule has 0 saturated carbocycles. The molecule has 15 heteroatoms. The third kappa shape index (κ3) is 6.92. The molecule has 2 N–H and O–H groups in total. The van der Waals surface area contributed by atoms with E-state index in [1.165, 1.54) is 35.2 Å². The Morgan fingerprint density at radius 3 is 2.45 bits per heavy atom. The summed E-state index contributed by atoms with van der Waals surface area (Å²) in [5.41, 5.74) is 1.72. The number of alkyl halides is 1. The van der Waals surface area contributed by atoms with Gasteiger partial charge in [-0.05, 0) is 81.2 Å². The second-order valence-corrected chi connectivity index (χ2v) is 16.3. The van der Waals surface area contributed by atoms with Gasteiger partial charge in [-0.1, -0.05) is 11.6 Å². The molecule has 8 rings (SSSR count). The van der Waals surface area contributed by atoms with Gasteiger partial charge < -0.3 is 25.2 Å². The van der Waals surface area contributed by atoms with Crippen molar-refractivity contribution in [3.8, 4) is 0 Å². The molecule has 3 unspecified atom stereocenters. The molecule has 1 spiro atoms. The lowest BCUT2D eigenvalue weighted by Gasteiger charge is -2.53. The first-order valence-electron chi connectivity index (χ1n) is 17.9. The second-order valence-electron chi connectivity index (χ2n) is 14.8. The van der Waals surface area contributed by atoms with Gasteiger partial charge in [0.15, 0.2) is 11.6 Å². The van der Waals surface area contributed by atoms with Crippen LogP contribution in [-0.4, -0.2) is 72.5 Å². The summed E-state index contributed by atoms with van der Waals surface area (Å²) >= 11 is 1.08. The molecule has 4 aliphatic heterocycles. The van der Waals surface area contributed by atoms with Gasteiger partial charge in [-0.3, -0.25) is 14.4 Å². The number of pyridine rings is 1. The Kier molecular flexibility index (Phi) is 9.56. The number of fused-ring (bicyclic) bond motifs is 2. The van der Waals surface area contributed by atoms with Crippen molar-refractivity contribution in [2.24, 2.45) is 5.41 Å². The van der Waals surface area contributed by atoms with E-state index in [-0.39, 0.29) is 47.2 Å². The molecular weight excluding hydrogens is 742 g/mol. The van der Waals surface area contributed by atoms with Crippen LogP contribution in [0.15, 0.2) is 78.3 Å². The molecule has 3 aromatic rings. The Bertz CT molecular complexity index is 2180. The number of anilines is 3. The predicted octanol–water partition coefficient (Wildman–Crippen LogP) is 7.27. The molecule has 55 heavy (non-hydrogen) atoms. The highest BCUT2D eigenvalue weighted by atomic mass is 32.2. The lowest BCUT2D eigenvalue weighted by molar-refractivity contribution is -0.124. The number of rotatable bonds is 6. The number of hydrogen-bond donors (Lipinski definition) is 2. The Hall–Kier alpha value is -5.02. The van der Waals surface area contributed by atoms with Gasteiger partial charge in [-0.2, -0.15) is 0 Å². The van der Waals surface area contributed by atoms with Crippen molar-refractivity contribution in [2.75, 3.05) is 48.0 Å². The normalized spacial score (nSPS) is 24.1. The van der Waals surface area contributed by atoms with Gasteiger partial charge in [0.25, 0.3) is 11.8 Å². The van der Waals surface area contributed by atoms with Crippen LogP contribution in [0.3, 0.4) is 0 Å². The molecule has 3 atom stereocenters. The van der Waals surface area contributed by atoms with E-state index in [2.05, 4.69) is 15.6 Å². The summed E-state index contributed by atoms with van der Waals surface area (Å²) in [5.74, 6) is -5.12. The summed E-state index contributed by atoms with van der Waals surface area (Å²) in [4.78, 5) is 48.9. The van der Waals surface area contributed by atoms with E-state index < -0.39 is 58.0 Å². The third-order valence-electron chi connectivity index (χ3n) is 11.0. The van der Waals surface area contributed by atoms with Gasteiger partial charge in [0.1, 0.15) is 34.4 Å². The number of thioether (sulfide) groups is 1. The van der Waals surface area contributed by atoms with Crippen molar-refractivity contribution < 1.29 is 41.1 Å². The molecule has 5 aliphatic rings.